The lowest BCUT2D eigenvalue weighted by Gasteiger charge is -2.11. The van der Waals surface area contributed by atoms with Crippen molar-refractivity contribution in [3.63, 3.8) is 0 Å². The first-order valence-corrected chi connectivity index (χ1v) is 11.2. The molecule has 8 heteroatoms. The lowest BCUT2D eigenvalue weighted by Crippen LogP contribution is -2.20. The SMILES string of the molecule is CCc1cccc(OCC(=O)Nc2ccc(S(=O)(=O)Nc3ccc(OC)cc3)cc2)c1. The number of amides is 1. The summed E-state index contributed by atoms with van der Waals surface area (Å²) in [7, 11) is -2.22. The highest BCUT2D eigenvalue weighted by Crippen LogP contribution is 2.21. The maximum Gasteiger partial charge on any atom is 0.262 e. The van der Waals surface area contributed by atoms with Crippen LogP contribution in [0.4, 0.5) is 11.4 Å². The molecule has 0 unspecified atom stereocenters. The largest absolute Gasteiger partial charge is 0.497 e. The molecule has 0 spiro atoms. The smallest absolute Gasteiger partial charge is 0.262 e. The zero-order valence-corrected chi connectivity index (χ0v) is 18.1. The first kappa shape index (κ1) is 22.2. The second-order valence-corrected chi connectivity index (χ2v) is 8.38. The average Bonchev–Trinajstić information content (AvgIpc) is 2.78. The van der Waals surface area contributed by atoms with E-state index in [2.05, 4.69) is 10.0 Å². The second-order valence-electron chi connectivity index (χ2n) is 6.70. The van der Waals surface area contributed by atoms with Gasteiger partial charge < -0.3 is 14.8 Å². The molecule has 0 aromatic heterocycles. The molecule has 0 aliphatic carbocycles. The molecule has 0 atom stereocenters. The van der Waals surface area contributed by atoms with Crippen LogP contribution in [0.5, 0.6) is 11.5 Å². The third kappa shape index (κ3) is 6.23. The van der Waals surface area contributed by atoms with Crippen LogP contribution in [-0.4, -0.2) is 28.0 Å². The number of benzene rings is 3. The molecule has 0 heterocycles. The number of ether oxygens (including phenoxy) is 2. The Labute approximate surface area is 182 Å². The van der Waals surface area contributed by atoms with Gasteiger partial charge in [0.1, 0.15) is 11.5 Å². The van der Waals surface area contributed by atoms with Crippen molar-refractivity contribution < 1.29 is 22.7 Å². The summed E-state index contributed by atoms with van der Waals surface area (Å²) in [6.45, 7) is 1.90. The Morgan fingerprint density at radius 3 is 2.23 bits per heavy atom. The number of hydrogen-bond acceptors (Lipinski definition) is 5. The van der Waals surface area contributed by atoms with E-state index in [0.717, 1.165) is 12.0 Å². The van der Waals surface area contributed by atoms with Gasteiger partial charge >= 0.3 is 0 Å². The van der Waals surface area contributed by atoms with Crippen LogP contribution in [0.25, 0.3) is 0 Å². The molecule has 0 aliphatic rings. The molecule has 2 N–H and O–H groups in total. The molecule has 0 radical (unpaired) electrons. The molecule has 0 fully saturated rings. The van der Waals surface area contributed by atoms with Crippen LogP contribution in [0.1, 0.15) is 12.5 Å². The lowest BCUT2D eigenvalue weighted by atomic mass is 10.2. The van der Waals surface area contributed by atoms with Crippen LogP contribution in [-0.2, 0) is 21.2 Å². The minimum atomic E-state index is -3.76. The molecule has 7 nitrogen and oxygen atoms in total. The predicted molar refractivity (Wildman–Crippen MR) is 120 cm³/mol. The summed E-state index contributed by atoms with van der Waals surface area (Å²) in [6, 6.07) is 20.0. The fourth-order valence-corrected chi connectivity index (χ4v) is 3.85. The van der Waals surface area contributed by atoms with Crippen LogP contribution < -0.4 is 19.5 Å². The fourth-order valence-electron chi connectivity index (χ4n) is 2.79. The summed E-state index contributed by atoms with van der Waals surface area (Å²) in [5.41, 5.74) is 2.01. The quantitative estimate of drug-likeness (QED) is 0.523. The standard InChI is InChI=1S/C23H24N2O5S/c1-3-17-5-4-6-21(15-17)30-16-23(26)24-18-9-13-22(14-10-18)31(27,28)25-19-7-11-20(29-2)12-8-19/h4-15,25H,3,16H2,1-2H3,(H,24,26). The van der Waals surface area contributed by atoms with E-state index in [1.54, 1.807) is 30.3 Å². The first-order valence-electron chi connectivity index (χ1n) is 9.68. The van der Waals surface area contributed by atoms with Crippen LogP contribution in [0.15, 0.2) is 77.7 Å². The number of carbonyl (C=O) groups is 1. The maximum absolute atomic E-state index is 12.6. The van der Waals surface area contributed by atoms with Crippen molar-refractivity contribution in [3.05, 3.63) is 78.4 Å². The Balaban J connectivity index is 1.57. The summed E-state index contributed by atoms with van der Waals surface area (Å²) >= 11 is 0. The third-order valence-electron chi connectivity index (χ3n) is 4.47. The molecule has 0 aliphatic heterocycles. The highest BCUT2D eigenvalue weighted by molar-refractivity contribution is 7.92. The molecule has 31 heavy (non-hydrogen) atoms. The van der Waals surface area contributed by atoms with Crippen LogP contribution in [0.3, 0.4) is 0 Å². The number of anilines is 2. The van der Waals surface area contributed by atoms with Crippen LogP contribution >= 0.6 is 0 Å². The van der Waals surface area contributed by atoms with Gasteiger partial charge in [-0.1, -0.05) is 19.1 Å². The molecule has 3 aromatic carbocycles. The topological polar surface area (TPSA) is 93.7 Å². The van der Waals surface area contributed by atoms with Gasteiger partial charge in [-0.3, -0.25) is 9.52 Å². The summed E-state index contributed by atoms with van der Waals surface area (Å²) in [4.78, 5) is 12.2. The number of hydrogen-bond donors (Lipinski definition) is 2. The molecule has 0 bridgehead atoms. The van der Waals surface area contributed by atoms with Gasteiger partial charge in [0.25, 0.3) is 15.9 Å². The van der Waals surface area contributed by atoms with E-state index in [0.29, 0.717) is 22.9 Å². The number of nitrogens with one attached hydrogen (secondary N) is 2. The fraction of sp³-hybridized carbons (Fsp3) is 0.174. The van der Waals surface area contributed by atoms with Gasteiger partial charge in [0.15, 0.2) is 6.61 Å². The normalized spacial score (nSPS) is 10.9. The van der Waals surface area contributed by atoms with E-state index < -0.39 is 10.0 Å². The van der Waals surface area contributed by atoms with E-state index in [-0.39, 0.29) is 17.4 Å². The van der Waals surface area contributed by atoms with E-state index in [9.17, 15) is 13.2 Å². The molecule has 0 saturated carbocycles. The predicted octanol–water partition coefficient (Wildman–Crippen LogP) is 4.08. The average molecular weight is 441 g/mol. The highest BCUT2D eigenvalue weighted by atomic mass is 32.2. The summed E-state index contributed by atoms with van der Waals surface area (Å²) in [5, 5.41) is 2.69. The van der Waals surface area contributed by atoms with Gasteiger partial charge in [-0.15, -0.1) is 0 Å². The van der Waals surface area contributed by atoms with Crippen molar-refractivity contribution in [2.45, 2.75) is 18.2 Å². The maximum atomic E-state index is 12.6. The summed E-state index contributed by atoms with van der Waals surface area (Å²) in [5.74, 6) is 0.916. The molecule has 162 valence electrons. The minimum absolute atomic E-state index is 0.0777. The van der Waals surface area contributed by atoms with Gasteiger partial charge in [0, 0.05) is 11.4 Å². The van der Waals surface area contributed by atoms with Gasteiger partial charge in [-0.05, 0) is 72.6 Å². The van der Waals surface area contributed by atoms with E-state index >= 15 is 0 Å². The second kappa shape index (κ2) is 9.99. The number of sulfonamides is 1. The third-order valence-corrected chi connectivity index (χ3v) is 5.86. The molecule has 1 amide bonds. The molecule has 0 saturated heterocycles. The summed E-state index contributed by atoms with van der Waals surface area (Å²) < 4.78 is 38.2. The van der Waals surface area contributed by atoms with Gasteiger partial charge in [-0.25, -0.2) is 8.42 Å². The Morgan fingerprint density at radius 2 is 1.58 bits per heavy atom. The number of aryl methyl sites for hydroxylation is 1. The zero-order chi connectivity index (χ0) is 22.3. The summed E-state index contributed by atoms with van der Waals surface area (Å²) in [6.07, 6.45) is 0.881. The van der Waals surface area contributed by atoms with Gasteiger partial charge in [0.2, 0.25) is 0 Å². The zero-order valence-electron chi connectivity index (χ0n) is 17.3. The van der Waals surface area contributed by atoms with E-state index in [4.69, 9.17) is 9.47 Å². The van der Waals surface area contributed by atoms with Crippen molar-refractivity contribution in [1.29, 1.82) is 0 Å². The number of rotatable bonds is 9. The van der Waals surface area contributed by atoms with E-state index in [1.165, 1.54) is 31.4 Å². The highest BCUT2D eigenvalue weighted by Gasteiger charge is 2.14. The Hall–Kier alpha value is -3.52. The molecule has 3 rings (SSSR count). The van der Waals surface area contributed by atoms with E-state index in [1.807, 2.05) is 25.1 Å². The van der Waals surface area contributed by atoms with Crippen molar-refractivity contribution in [2.75, 3.05) is 23.8 Å². The molecule has 3 aromatic rings. The Kier molecular flexibility index (Phi) is 7.15. The van der Waals surface area contributed by atoms with Crippen LogP contribution in [0, 0.1) is 0 Å². The lowest BCUT2D eigenvalue weighted by molar-refractivity contribution is -0.118. The van der Waals surface area contributed by atoms with Gasteiger partial charge in [0.05, 0.1) is 12.0 Å². The van der Waals surface area contributed by atoms with Crippen molar-refractivity contribution in [1.82, 2.24) is 0 Å². The van der Waals surface area contributed by atoms with Crippen molar-refractivity contribution in [2.24, 2.45) is 0 Å². The Morgan fingerprint density at radius 1 is 0.903 bits per heavy atom. The molecular formula is C23H24N2O5S. The number of carbonyl (C=O) groups excluding carboxylic acids is 1. The Bertz CT molecular complexity index is 1130. The van der Waals surface area contributed by atoms with Gasteiger partial charge in [-0.2, -0.15) is 0 Å². The number of methoxy groups -OCH3 is 1. The van der Waals surface area contributed by atoms with Crippen molar-refractivity contribution in [3.8, 4) is 11.5 Å². The minimum Gasteiger partial charge on any atom is -0.497 e. The first-order chi connectivity index (χ1) is 14.9. The monoisotopic (exact) mass is 440 g/mol. The van der Waals surface area contributed by atoms with Crippen molar-refractivity contribution >= 4 is 27.3 Å². The van der Waals surface area contributed by atoms with Crippen LogP contribution in [0.2, 0.25) is 0 Å². The molecular weight excluding hydrogens is 416 g/mol.